The molecule has 31 heavy (non-hydrogen) atoms. The standard InChI is InChI=1S/C22H21NO5S2.Na/c1-15(24)29-14-18(13-17-7-4-6-16-5-2-3-8-21(16)17)22(25)23-19-9-11-20(12-10-19)30(26,27)28;/h2-12,18H,13-14H2,1H3,(H,23,25)(H,26,27,28);/q;+1/p-1. The molecule has 6 nitrogen and oxygen atoms in total. The van der Waals surface area contributed by atoms with E-state index in [0.717, 1.165) is 40.2 Å². The van der Waals surface area contributed by atoms with Crippen LogP contribution in [0.2, 0.25) is 0 Å². The first-order chi connectivity index (χ1) is 14.2. The summed E-state index contributed by atoms with van der Waals surface area (Å²) in [5, 5.41) is 4.80. The molecule has 1 N–H and O–H groups in total. The van der Waals surface area contributed by atoms with Gasteiger partial charge in [-0.05, 0) is 47.0 Å². The van der Waals surface area contributed by atoms with E-state index in [1.807, 2.05) is 42.5 Å². The Labute approximate surface area is 207 Å². The number of amides is 1. The zero-order valence-corrected chi connectivity index (χ0v) is 20.8. The molecule has 0 spiro atoms. The molecule has 0 aromatic heterocycles. The van der Waals surface area contributed by atoms with Crippen LogP contribution >= 0.6 is 11.8 Å². The van der Waals surface area contributed by atoms with Crippen molar-refractivity contribution in [2.75, 3.05) is 11.1 Å². The van der Waals surface area contributed by atoms with Gasteiger partial charge in [0.2, 0.25) is 5.91 Å². The molecule has 0 aliphatic rings. The number of hydrogen-bond acceptors (Lipinski definition) is 6. The summed E-state index contributed by atoms with van der Waals surface area (Å²) in [6, 6.07) is 18.9. The van der Waals surface area contributed by atoms with Crippen LogP contribution in [0.1, 0.15) is 12.5 Å². The van der Waals surface area contributed by atoms with Gasteiger partial charge in [-0.25, -0.2) is 8.42 Å². The van der Waals surface area contributed by atoms with Gasteiger partial charge in [-0.2, -0.15) is 0 Å². The van der Waals surface area contributed by atoms with Gasteiger partial charge in [0.05, 0.1) is 10.8 Å². The first kappa shape index (κ1) is 25.6. The number of anilines is 1. The number of hydrogen-bond donors (Lipinski definition) is 1. The van der Waals surface area contributed by atoms with Crippen molar-refractivity contribution in [1.29, 1.82) is 0 Å². The Hall–Kier alpha value is -1.68. The second-order valence-electron chi connectivity index (χ2n) is 6.81. The minimum atomic E-state index is -4.55. The van der Waals surface area contributed by atoms with E-state index < -0.39 is 16.0 Å². The van der Waals surface area contributed by atoms with E-state index >= 15 is 0 Å². The van der Waals surface area contributed by atoms with Gasteiger partial charge in [0.15, 0.2) is 5.12 Å². The Bertz CT molecular complexity index is 1170. The summed E-state index contributed by atoms with van der Waals surface area (Å²) in [4.78, 5) is 24.0. The van der Waals surface area contributed by atoms with Crippen LogP contribution in [0.5, 0.6) is 0 Å². The fraction of sp³-hybridized carbons (Fsp3) is 0.182. The third-order valence-corrected chi connectivity index (χ3v) is 6.44. The van der Waals surface area contributed by atoms with Gasteiger partial charge in [-0.1, -0.05) is 54.2 Å². The average Bonchev–Trinajstić information content (AvgIpc) is 2.70. The van der Waals surface area contributed by atoms with Crippen molar-refractivity contribution in [1.82, 2.24) is 0 Å². The first-order valence-corrected chi connectivity index (χ1v) is 11.6. The number of benzene rings is 3. The largest absolute Gasteiger partial charge is 1.00 e. The summed E-state index contributed by atoms with van der Waals surface area (Å²) >= 11 is 1.09. The zero-order chi connectivity index (χ0) is 21.7. The summed E-state index contributed by atoms with van der Waals surface area (Å²) in [6.07, 6.45) is 0.445. The summed E-state index contributed by atoms with van der Waals surface area (Å²) in [5.74, 6) is -0.445. The van der Waals surface area contributed by atoms with Gasteiger partial charge in [-0.15, -0.1) is 0 Å². The van der Waals surface area contributed by atoms with E-state index in [-0.39, 0.29) is 45.5 Å². The zero-order valence-electron chi connectivity index (χ0n) is 17.2. The molecular weight excluding hydrogens is 445 g/mol. The Morgan fingerprint density at radius 1 is 1.00 bits per heavy atom. The van der Waals surface area contributed by atoms with Crippen molar-refractivity contribution >= 4 is 49.4 Å². The van der Waals surface area contributed by atoms with E-state index in [9.17, 15) is 22.6 Å². The van der Waals surface area contributed by atoms with Crippen LogP contribution in [-0.4, -0.2) is 29.7 Å². The third-order valence-electron chi connectivity index (χ3n) is 4.62. The number of carbonyl (C=O) groups is 2. The Kier molecular flexibility index (Phi) is 9.29. The van der Waals surface area contributed by atoms with Crippen LogP contribution < -0.4 is 34.9 Å². The third kappa shape index (κ3) is 7.17. The maximum absolute atomic E-state index is 12.9. The van der Waals surface area contributed by atoms with Crippen LogP contribution in [0, 0.1) is 5.92 Å². The summed E-state index contributed by atoms with van der Waals surface area (Å²) in [6.45, 7) is 1.46. The molecule has 0 bridgehead atoms. The van der Waals surface area contributed by atoms with Crippen LogP contribution in [-0.2, 0) is 26.1 Å². The fourth-order valence-corrected chi connectivity index (χ4v) is 4.30. The molecule has 1 unspecified atom stereocenters. The quantitative estimate of drug-likeness (QED) is 0.410. The minimum absolute atomic E-state index is 0. The molecular formula is C22H20NNaO5S2. The van der Waals surface area contributed by atoms with Crippen molar-refractivity contribution < 1.29 is 52.1 Å². The molecule has 1 amide bonds. The van der Waals surface area contributed by atoms with Crippen molar-refractivity contribution in [3.8, 4) is 0 Å². The second kappa shape index (κ2) is 11.3. The summed E-state index contributed by atoms with van der Waals surface area (Å²) in [5.41, 5.74) is 1.38. The van der Waals surface area contributed by atoms with Crippen molar-refractivity contribution in [2.24, 2.45) is 5.92 Å². The van der Waals surface area contributed by atoms with Gasteiger partial charge in [0.1, 0.15) is 10.1 Å². The van der Waals surface area contributed by atoms with Gasteiger partial charge in [0, 0.05) is 18.4 Å². The molecule has 0 saturated carbocycles. The van der Waals surface area contributed by atoms with Crippen LogP contribution in [0.15, 0.2) is 71.6 Å². The van der Waals surface area contributed by atoms with Gasteiger partial charge in [0.25, 0.3) is 0 Å². The number of fused-ring (bicyclic) bond motifs is 1. The second-order valence-corrected chi connectivity index (χ2v) is 9.39. The molecule has 0 heterocycles. The van der Waals surface area contributed by atoms with Crippen molar-refractivity contribution in [2.45, 2.75) is 18.2 Å². The molecule has 156 valence electrons. The molecule has 0 radical (unpaired) electrons. The number of rotatable bonds is 7. The summed E-state index contributed by atoms with van der Waals surface area (Å²) in [7, 11) is -4.55. The molecule has 1 atom stereocenters. The predicted molar refractivity (Wildman–Crippen MR) is 117 cm³/mol. The molecule has 3 aromatic carbocycles. The average molecular weight is 466 g/mol. The van der Waals surface area contributed by atoms with E-state index in [1.54, 1.807) is 0 Å². The number of carbonyl (C=O) groups excluding carboxylic acids is 2. The normalized spacial score (nSPS) is 12.1. The maximum Gasteiger partial charge on any atom is 1.00 e. The number of thioether (sulfide) groups is 1. The Balaban J connectivity index is 0.00000341. The van der Waals surface area contributed by atoms with Crippen molar-refractivity contribution in [3.05, 3.63) is 72.3 Å². The molecule has 0 aliphatic carbocycles. The van der Waals surface area contributed by atoms with E-state index in [2.05, 4.69) is 5.32 Å². The van der Waals surface area contributed by atoms with Crippen molar-refractivity contribution in [3.63, 3.8) is 0 Å². The van der Waals surface area contributed by atoms with Gasteiger partial charge < -0.3 is 9.87 Å². The topological polar surface area (TPSA) is 103 Å². The smallest absolute Gasteiger partial charge is 0.744 e. The molecule has 0 aliphatic heterocycles. The van der Waals surface area contributed by atoms with E-state index in [1.165, 1.54) is 19.1 Å². The van der Waals surface area contributed by atoms with E-state index in [0.29, 0.717) is 17.9 Å². The predicted octanol–water partition coefficient (Wildman–Crippen LogP) is 0.825. The van der Waals surface area contributed by atoms with Crippen LogP contribution in [0.4, 0.5) is 5.69 Å². The SMILES string of the molecule is CC(=O)SCC(Cc1cccc2ccccc12)C(=O)Nc1ccc(S(=O)(=O)[O-])cc1.[Na+]. The van der Waals surface area contributed by atoms with Crippen LogP contribution in [0.25, 0.3) is 10.8 Å². The summed E-state index contributed by atoms with van der Waals surface area (Å²) < 4.78 is 33.2. The van der Waals surface area contributed by atoms with E-state index in [4.69, 9.17) is 0 Å². The van der Waals surface area contributed by atoms with Gasteiger partial charge in [-0.3, -0.25) is 9.59 Å². The maximum atomic E-state index is 12.9. The first-order valence-electron chi connectivity index (χ1n) is 9.21. The molecule has 3 rings (SSSR count). The fourth-order valence-electron chi connectivity index (χ4n) is 3.13. The molecule has 0 saturated heterocycles. The molecule has 0 fully saturated rings. The van der Waals surface area contributed by atoms with Crippen LogP contribution in [0.3, 0.4) is 0 Å². The minimum Gasteiger partial charge on any atom is -0.744 e. The molecule has 9 heteroatoms. The van der Waals surface area contributed by atoms with Gasteiger partial charge >= 0.3 is 29.6 Å². The Morgan fingerprint density at radius 2 is 1.65 bits per heavy atom. The Morgan fingerprint density at radius 3 is 2.29 bits per heavy atom. The monoisotopic (exact) mass is 465 g/mol. The number of nitrogens with one attached hydrogen (secondary N) is 1. The molecule has 3 aromatic rings.